The van der Waals surface area contributed by atoms with Crippen LogP contribution in [0, 0.1) is 20.8 Å². The number of aryl methyl sites for hydroxylation is 2. The molecule has 0 aliphatic heterocycles. The Kier molecular flexibility index (Phi) is 13.8. The summed E-state index contributed by atoms with van der Waals surface area (Å²) in [5.74, 6) is -0.0565. The molecule has 0 fully saturated rings. The maximum atomic E-state index is 11.9. The summed E-state index contributed by atoms with van der Waals surface area (Å²) >= 11 is 0. The van der Waals surface area contributed by atoms with Gasteiger partial charge in [-0.3, -0.25) is 4.79 Å². The normalized spacial score (nSPS) is 11.0. The lowest BCUT2D eigenvalue weighted by molar-refractivity contribution is -0.145. The van der Waals surface area contributed by atoms with Gasteiger partial charge in [0.2, 0.25) is 0 Å². The molecule has 1 aromatic carbocycles. The largest absolute Gasteiger partial charge is 0.461 e. The van der Waals surface area contributed by atoms with Crippen LogP contribution >= 0.6 is 0 Å². The highest BCUT2D eigenvalue weighted by Crippen LogP contribution is 2.17. The van der Waals surface area contributed by atoms with E-state index in [0.717, 1.165) is 18.4 Å². The van der Waals surface area contributed by atoms with Crippen LogP contribution in [-0.4, -0.2) is 5.97 Å². The first-order valence-electron chi connectivity index (χ1n) is 11.8. The van der Waals surface area contributed by atoms with Crippen LogP contribution in [0.25, 0.3) is 0 Å². The van der Waals surface area contributed by atoms with Crippen molar-refractivity contribution < 1.29 is 9.53 Å². The van der Waals surface area contributed by atoms with Crippen molar-refractivity contribution >= 4 is 5.97 Å². The fourth-order valence-corrected chi connectivity index (χ4v) is 3.73. The van der Waals surface area contributed by atoms with Crippen molar-refractivity contribution in [3.63, 3.8) is 0 Å². The highest BCUT2D eigenvalue weighted by Gasteiger charge is 2.06. The van der Waals surface area contributed by atoms with Crippen LogP contribution in [0.5, 0.6) is 0 Å². The van der Waals surface area contributed by atoms with Gasteiger partial charge in [0.05, 0.1) is 0 Å². The van der Waals surface area contributed by atoms with Crippen LogP contribution in [0.4, 0.5) is 0 Å². The molecule has 0 N–H and O–H groups in total. The Bertz CT molecular complexity index is 524. The summed E-state index contributed by atoms with van der Waals surface area (Å²) in [6.45, 7) is 9.03. The van der Waals surface area contributed by atoms with Gasteiger partial charge in [0.15, 0.2) is 0 Å². The average Bonchev–Trinajstić information content (AvgIpc) is 2.68. The molecule has 160 valence electrons. The van der Waals surface area contributed by atoms with Crippen LogP contribution < -0.4 is 0 Å². The summed E-state index contributed by atoms with van der Waals surface area (Å²) in [6.07, 6.45) is 17.8. The van der Waals surface area contributed by atoms with E-state index >= 15 is 0 Å². The number of carbonyl (C=O) groups is 1. The molecule has 0 spiro atoms. The smallest absolute Gasteiger partial charge is 0.306 e. The Balaban J connectivity index is 1.94. The van der Waals surface area contributed by atoms with E-state index in [1.165, 1.54) is 87.3 Å². The number of rotatable bonds is 16. The van der Waals surface area contributed by atoms with Gasteiger partial charge in [-0.15, -0.1) is 0 Å². The summed E-state index contributed by atoms with van der Waals surface area (Å²) in [7, 11) is 0. The molecule has 2 nitrogen and oxygen atoms in total. The van der Waals surface area contributed by atoms with E-state index in [9.17, 15) is 4.79 Å². The van der Waals surface area contributed by atoms with E-state index in [0.29, 0.717) is 13.0 Å². The van der Waals surface area contributed by atoms with Crippen LogP contribution in [0.1, 0.15) is 119 Å². The summed E-state index contributed by atoms with van der Waals surface area (Å²) in [4.78, 5) is 11.9. The minimum absolute atomic E-state index is 0.0565. The number of unbranched alkanes of at least 4 members (excludes halogenated alkanes) is 12. The molecule has 0 radical (unpaired) electrons. The monoisotopic (exact) mass is 388 g/mol. The van der Waals surface area contributed by atoms with Gasteiger partial charge >= 0.3 is 5.97 Å². The van der Waals surface area contributed by atoms with Crippen LogP contribution in [-0.2, 0) is 16.1 Å². The van der Waals surface area contributed by atoms with Crippen molar-refractivity contribution in [2.75, 3.05) is 0 Å². The first-order valence-corrected chi connectivity index (χ1v) is 11.8. The molecule has 0 bridgehead atoms. The lowest BCUT2D eigenvalue weighted by Crippen LogP contribution is -2.05. The molecule has 0 amide bonds. The number of carbonyl (C=O) groups excluding carboxylic acids is 1. The highest BCUT2D eigenvalue weighted by atomic mass is 16.5. The molecule has 0 atom stereocenters. The molecule has 0 aromatic heterocycles. The Labute approximate surface area is 174 Å². The minimum Gasteiger partial charge on any atom is -0.461 e. The maximum Gasteiger partial charge on any atom is 0.306 e. The van der Waals surface area contributed by atoms with E-state index in [1.807, 2.05) is 0 Å². The van der Waals surface area contributed by atoms with Gasteiger partial charge in [-0.25, -0.2) is 0 Å². The topological polar surface area (TPSA) is 26.3 Å². The molecule has 1 rings (SSSR count). The van der Waals surface area contributed by atoms with Crippen molar-refractivity contribution in [1.82, 2.24) is 0 Å². The molecule has 28 heavy (non-hydrogen) atoms. The number of esters is 1. The average molecular weight is 389 g/mol. The number of hydrogen-bond donors (Lipinski definition) is 0. The summed E-state index contributed by atoms with van der Waals surface area (Å²) in [5.41, 5.74) is 4.95. The molecular formula is C26H44O2. The zero-order valence-electron chi connectivity index (χ0n) is 19.1. The van der Waals surface area contributed by atoms with Crippen LogP contribution in [0.2, 0.25) is 0 Å². The zero-order chi connectivity index (χ0) is 20.6. The predicted octanol–water partition coefficient (Wildman–Crippen LogP) is 8.14. The quantitative estimate of drug-likeness (QED) is 0.211. The molecule has 0 aliphatic rings. The summed E-state index contributed by atoms with van der Waals surface area (Å²) in [6, 6.07) is 4.25. The Morgan fingerprint density at radius 1 is 0.714 bits per heavy atom. The first-order chi connectivity index (χ1) is 13.5. The molecule has 2 heteroatoms. The van der Waals surface area contributed by atoms with E-state index in [2.05, 4.69) is 39.8 Å². The van der Waals surface area contributed by atoms with Gasteiger partial charge in [-0.2, -0.15) is 0 Å². The molecule has 0 saturated carbocycles. The lowest BCUT2D eigenvalue weighted by atomic mass is 10.0. The fourth-order valence-electron chi connectivity index (χ4n) is 3.73. The molecule has 0 unspecified atom stereocenters. The summed E-state index contributed by atoms with van der Waals surface area (Å²) < 4.78 is 5.45. The Morgan fingerprint density at radius 2 is 1.14 bits per heavy atom. The van der Waals surface area contributed by atoms with Gasteiger partial charge in [0.25, 0.3) is 0 Å². The summed E-state index contributed by atoms with van der Waals surface area (Å²) in [5, 5.41) is 0. The highest BCUT2D eigenvalue weighted by molar-refractivity contribution is 5.69. The van der Waals surface area contributed by atoms with E-state index in [4.69, 9.17) is 4.74 Å². The van der Waals surface area contributed by atoms with Gasteiger partial charge in [0, 0.05) is 6.42 Å². The second kappa shape index (κ2) is 15.6. The SMILES string of the molecule is CCCCCCCCCCCCCCCC(=O)OCc1cc(C)c(C)c(C)c1. The van der Waals surface area contributed by atoms with Crippen molar-refractivity contribution in [1.29, 1.82) is 0 Å². The van der Waals surface area contributed by atoms with Crippen molar-refractivity contribution in [2.45, 2.75) is 124 Å². The van der Waals surface area contributed by atoms with Crippen molar-refractivity contribution in [2.24, 2.45) is 0 Å². The van der Waals surface area contributed by atoms with Crippen LogP contribution in [0.15, 0.2) is 12.1 Å². The van der Waals surface area contributed by atoms with Gasteiger partial charge in [0.1, 0.15) is 6.61 Å². The van der Waals surface area contributed by atoms with E-state index < -0.39 is 0 Å². The standard InChI is InChI=1S/C26H44O2/c1-5-6-7-8-9-10-11-12-13-14-15-16-17-18-26(27)28-21-25-19-22(2)24(4)23(3)20-25/h19-20H,5-18,21H2,1-4H3. The Hall–Kier alpha value is -1.31. The minimum atomic E-state index is -0.0565. The molecule has 0 aliphatic carbocycles. The number of hydrogen-bond acceptors (Lipinski definition) is 2. The van der Waals surface area contributed by atoms with E-state index in [-0.39, 0.29) is 5.97 Å². The number of ether oxygens (including phenoxy) is 1. The first kappa shape index (κ1) is 24.7. The maximum absolute atomic E-state index is 11.9. The fraction of sp³-hybridized carbons (Fsp3) is 0.731. The molecular weight excluding hydrogens is 344 g/mol. The third kappa shape index (κ3) is 11.5. The third-order valence-electron chi connectivity index (χ3n) is 5.87. The molecule has 0 heterocycles. The molecule has 1 aromatic rings. The lowest BCUT2D eigenvalue weighted by Gasteiger charge is -2.10. The van der Waals surface area contributed by atoms with Crippen molar-refractivity contribution in [3.05, 3.63) is 34.4 Å². The second-order valence-electron chi connectivity index (χ2n) is 8.51. The van der Waals surface area contributed by atoms with Crippen molar-refractivity contribution in [3.8, 4) is 0 Å². The predicted molar refractivity (Wildman–Crippen MR) is 121 cm³/mol. The second-order valence-corrected chi connectivity index (χ2v) is 8.51. The van der Waals surface area contributed by atoms with Gasteiger partial charge < -0.3 is 4.74 Å². The third-order valence-corrected chi connectivity index (χ3v) is 5.87. The number of benzene rings is 1. The van der Waals surface area contributed by atoms with Crippen LogP contribution in [0.3, 0.4) is 0 Å². The van der Waals surface area contributed by atoms with Gasteiger partial charge in [-0.1, -0.05) is 96.1 Å². The van der Waals surface area contributed by atoms with E-state index in [1.54, 1.807) is 0 Å². The molecule has 0 saturated heterocycles. The zero-order valence-corrected chi connectivity index (χ0v) is 19.1. The van der Waals surface area contributed by atoms with Gasteiger partial charge in [-0.05, 0) is 49.4 Å². The Morgan fingerprint density at radius 3 is 1.61 bits per heavy atom.